The Labute approximate surface area is 122 Å². The van der Waals surface area contributed by atoms with E-state index in [1.165, 1.54) is 12.1 Å². The fourth-order valence-corrected chi connectivity index (χ4v) is 3.21. The van der Waals surface area contributed by atoms with Crippen LogP contribution in [-0.2, 0) is 4.79 Å². The predicted octanol–water partition coefficient (Wildman–Crippen LogP) is 1.61. The number of hydrogen-bond donors (Lipinski definition) is 1. The van der Waals surface area contributed by atoms with Gasteiger partial charge in [0.05, 0.1) is 17.6 Å². The van der Waals surface area contributed by atoms with Gasteiger partial charge in [0.15, 0.2) is 0 Å². The maximum Gasteiger partial charge on any atom is 0.231 e. The van der Waals surface area contributed by atoms with E-state index in [0.717, 1.165) is 37.3 Å². The fourth-order valence-electron chi connectivity index (χ4n) is 3.21. The first kappa shape index (κ1) is 14.0. The molecule has 3 rings (SSSR count). The van der Waals surface area contributed by atoms with Crippen molar-refractivity contribution in [1.82, 2.24) is 14.5 Å². The van der Waals surface area contributed by atoms with E-state index in [1.54, 1.807) is 6.07 Å². The number of piperidine rings is 1. The van der Waals surface area contributed by atoms with Crippen LogP contribution in [0.15, 0.2) is 18.2 Å². The lowest BCUT2D eigenvalue weighted by Gasteiger charge is -2.32. The first-order valence-electron chi connectivity index (χ1n) is 7.19. The molecule has 1 saturated heterocycles. The standard InChI is InChI=1S/C15H19FN4O/c1-10-18-13-8-11(16)2-3-14(13)20(10)12-4-6-19(7-5-12)9-15(17)21/h2-3,8,12H,4-7,9H2,1H3,(H2,17,21). The van der Waals surface area contributed by atoms with Crippen LogP contribution in [0.2, 0.25) is 0 Å². The van der Waals surface area contributed by atoms with Crippen molar-refractivity contribution in [3.05, 3.63) is 29.8 Å². The second-order valence-corrected chi connectivity index (χ2v) is 5.64. The summed E-state index contributed by atoms with van der Waals surface area (Å²) in [5.74, 6) is 0.362. The molecule has 2 heterocycles. The molecule has 1 aliphatic rings. The number of benzene rings is 1. The maximum absolute atomic E-state index is 13.3. The van der Waals surface area contributed by atoms with Crippen molar-refractivity contribution in [3.63, 3.8) is 0 Å². The molecule has 1 aliphatic heterocycles. The second kappa shape index (κ2) is 5.44. The van der Waals surface area contributed by atoms with E-state index in [2.05, 4.69) is 14.5 Å². The molecule has 0 saturated carbocycles. The quantitative estimate of drug-likeness (QED) is 0.934. The van der Waals surface area contributed by atoms with Gasteiger partial charge in [-0.2, -0.15) is 0 Å². The Morgan fingerprint density at radius 2 is 2.14 bits per heavy atom. The van der Waals surface area contributed by atoms with Crippen LogP contribution < -0.4 is 5.73 Å². The molecule has 2 aromatic rings. The number of nitrogens with two attached hydrogens (primary N) is 1. The minimum atomic E-state index is -0.284. The summed E-state index contributed by atoms with van der Waals surface area (Å²) in [6, 6.07) is 5.08. The maximum atomic E-state index is 13.3. The molecule has 5 nitrogen and oxygen atoms in total. The third-order valence-electron chi connectivity index (χ3n) is 4.13. The first-order chi connectivity index (χ1) is 10.0. The van der Waals surface area contributed by atoms with Crippen LogP contribution in [0.3, 0.4) is 0 Å². The molecule has 2 N–H and O–H groups in total. The van der Waals surface area contributed by atoms with Gasteiger partial charge in [0, 0.05) is 25.2 Å². The normalized spacial score (nSPS) is 17.4. The van der Waals surface area contributed by atoms with E-state index in [0.29, 0.717) is 18.1 Å². The molecule has 0 atom stereocenters. The lowest BCUT2D eigenvalue weighted by molar-refractivity contribution is -0.119. The molecule has 1 aromatic carbocycles. The van der Waals surface area contributed by atoms with Crippen molar-refractivity contribution in [2.75, 3.05) is 19.6 Å². The number of likely N-dealkylation sites (tertiary alicyclic amines) is 1. The zero-order chi connectivity index (χ0) is 15.0. The summed E-state index contributed by atoms with van der Waals surface area (Å²) in [6.07, 6.45) is 1.88. The number of primary amides is 1. The largest absolute Gasteiger partial charge is 0.369 e. The Morgan fingerprint density at radius 1 is 1.43 bits per heavy atom. The highest BCUT2D eigenvalue weighted by Crippen LogP contribution is 2.28. The smallest absolute Gasteiger partial charge is 0.231 e. The zero-order valence-corrected chi connectivity index (χ0v) is 12.1. The summed E-state index contributed by atoms with van der Waals surface area (Å²) in [5.41, 5.74) is 6.91. The lowest BCUT2D eigenvalue weighted by atomic mass is 10.0. The Hall–Kier alpha value is -1.95. The molecule has 1 fully saturated rings. The highest BCUT2D eigenvalue weighted by atomic mass is 19.1. The Kier molecular flexibility index (Phi) is 3.63. The molecule has 0 bridgehead atoms. The summed E-state index contributed by atoms with van der Waals surface area (Å²) in [5, 5.41) is 0. The molecule has 1 aromatic heterocycles. The molecular formula is C15H19FN4O. The topological polar surface area (TPSA) is 64.2 Å². The van der Waals surface area contributed by atoms with Crippen molar-refractivity contribution < 1.29 is 9.18 Å². The summed E-state index contributed by atoms with van der Waals surface area (Å²) in [4.78, 5) is 17.5. The molecule has 0 radical (unpaired) electrons. The number of hydrogen-bond acceptors (Lipinski definition) is 3. The monoisotopic (exact) mass is 290 g/mol. The van der Waals surface area contributed by atoms with Gasteiger partial charge in [-0.05, 0) is 31.9 Å². The van der Waals surface area contributed by atoms with Crippen LogP contribution in [0, 0.1) is 12.7 Å². The van der Waals surface area contributed by atoms with Crippen molar-refractivity contribution in [2.24, 2.45) is 5.73 Å². The molecule has 1 amide bonds. The average Bonchev–Trinajstić information content (AvgIpc) is 2.74. The number of aromatic nitrogens is 2. The molecule has 6 heteroatoms. The van der Waals surface area contributed by atoms with Crippen molar-refractivity contribution >= 4 is 16.9 Å². The van der Waals surface area contributed by atoms with Gasteiger partial charge in [0.2, 0.25) is 5.91 Å². The Balaban J connectivity index is 1.82. The van der Waals surface area contributed by atoms with Gasteiger partial charge in [-0.15, -0.1) is 0 Å². The van der Waals surface area contributed by atoms with E-state index in [1.807, 2.05) is 6.92 Å². The van der Waals surface area contributed by atoms with Crippen molar-refractivity contribution in [2.45, 2.75) is 25.8 Å². The molecular weight excluding hydrogens is 271 g/mol. The van der Waals surface area contributed by atoms with Gasteiger partial charge in [-0.1, -0.05) is 0 Å². The molecule has 0 unspecified atom stereocenters. The summed E-state index contributed by atoms with van der Waals surface area (Å²) in [6.45, 7) is 3.96. The van der Waals surface area contributed by atoms with Crippen LogP contribution in [0.25, 0.3) is 11.0 Å². The van der Waals surface area contributed by atoms with E-state index in [-0.39, 0.29) is 11.7 Å². The molecule has 21 heavy (non-hydrogen) atoms. The predicted molar refractivity (Wildman–Crippen MR) is 78.3 cm³/mol. The van der Waals surface area contributed by atoms with Gasteiger partial charge < -0.3 is 10.3 Å². The van der Waals surface area contributed by atoms with Gasteiger partial charge in [0.25, 0.3) is 0 Å². The summed E-state index contributed by atoms with van der Waals surface area (Å²) in [7, 11) is 0. The van der Waals surface area contributed by atoms with E-state index >= 15 is 0 Å². The van der Waals surface area contributed by atoms with E-state index < -0.39 is 0 Å². The third-order valence-corrected chi connectivity index (χ3v) is 4.13. The fraction of sp³-hybridized carbons (Fsp3) is 0.467. The van der Waals surface area contributed by atoms with Crippen molar-refractivity contribution in [1.29, 1.82) is 0 Å². The van der Waals surface area contributed by atoms with Gasteiger partial charge >= 0.3 is 0 Å². The van der Waals surface area contributed by atoms with E-state index in [9.17, 15) is 9.18 Å². The number of carbonyl (C=O) groups is 1. The SMILES string of the molecule is Cc1nc2cc(F)ccc2n1C1CCN(CC(N)=O)CC1. The number of halogens is 1. The van der Waals surface area contributed by atoms with Crippen LogP contribution in [0.1, 0.15) is 24.7 Å². The number of nitrogens with zero attached hydrogens (tertiary/aromatic N) is 3. The summed E-state index contributed by atoms with van der Waals surface area (Å²) >= 11 is 0. The summed E-state index contributed by atoms with van der Waals surface area (Å²) < 4.78 is 15.5. The zero-order valence-electron chi connectivity index (χ0n) is 12.1. The highest BCUT2D eigenvalue weighted by Gasteiger charge is 2.24. The van der Waals surface area contributed by atoms with Crippen LogP contribution in [-0.4, -0.2) is 40.0 Å². The second-order valence-electron chi connectivity index (χ2n) is 5.64. The van der Waals surface area contributed by atoms with Gasteiger partial charge in [0.1, 0.15) is 11.6 Å². The van der Waals surface area contributed by atoms with Crippen LogP contribution >= 0.6 is 0 Å². The third kappa shape index (κ3) is 2.76. The number of rotatable bonds is 3. The van der Waals surface area contributed by atoms with Gasteiger partial charge in [-0.3, -0.25) is 9.69 Å². The number of aryl methyl sites for hydroxylation is 1. The minimum absolute atomic E-state index is 0.261. The highest BCUT2D eigenvalue weighted by molar-refractivity contribution is 5.76. The van der Waals surface area contributed by atoms with Gasteiger partial charge in [-0.25, -0.2) is 9.37 Å². The number of fused-ring (bicyclic) bond motifs is 1. The van der Waals surface area contributed by atoms with Crippen molar-refractivity contribution in [3.8, 4) is 0 Å². The first-order valence-corrected chi connectivity index (χ1v) is 7.19. The number of imidazole rings is 1. The Bertz CT molecular complexity index is 674. The molecule has 112 valence electrons. The Morgan fingerprint density at radius 3 is 2.81 bits per heavy atom. The van der Waals surface area contributed by atoms with Crippen LogP contribution in [0.5, 0.6) is 0 Å². The average molecular weight is 290 g/mol. The number of amides is 1. The van der Waals surface area contributed by atoms with Crippen LogP contribution in [0.4, 0.5) is 4.39 Å². The number of carbonyl (C=O) groups excluding carboxylic acids is 1. The molecule has 0 aliphatic carbocycles. The van der Waals surface area contributed by atoms with E-state index in [4.69, 9.17) is 5.73 Å². The molecule has 0 spiro atoms. The lowest BCUT2D eigenvalue weighted by Crippen LogP contribution is -2.40. The minimum Gasteiger partial charge on any atom is -0.369 e.